The summed E-state index contributed by atoms with van der Waals surface area (Å²) in [5.41, 5.74) is 3.19. The van der Waals surface area contributed by atoms with E-state index in [1.165, 1.54) is 31.2 Å². The average Bonchev–Trinajstić information content (AvgIpc) is 3.07. The van der Waals surface area contributed by atoms with Gasteiger partial charge in [0.2, 0.25) is 5.91 Å². The van der Waals surface area contributed by atoms with Gasteiger partial charge in [-0.1, -0.05) is 19.8 Å². The highest BCUT2D eigenvalue weighted by atomic mass is 16.3. The summed E-state index contributed by atoms with van der Waals surface area (Å²) in [5.74, 6) is 0.469. The van der Waals surface area contributed by atoms with Gasteiger partial charge >= 0.3 is 0 Å². The molecule has 21 heavy (non-hydrogen) atoms. The zero-order chi connectivity index (χ0) is 15.0. The molecule has 2 saturated carbocycles. The zero-order valence-corrected chi connectivity index (χ0v) is 12.0. The molecule has 112 valence electrons. The van der Waals surface area contributed by atoms with E-state index >= 15 is 0 Å². The molecule has 0 unspecified atom stereocenters. The zero-order valence-electron chi connectivity index (χ0n) is 12.0. The van der Waals surface area contributed by atoms with Gasteiger partial charge in [-0.15, -0.1) is 0 Å². The van der Waals surface area contributed by atoms with Crippen LogP contribution in [0, 0.1) is 17.3 Å². The number of carbonyl (C=O) groups is 1. The second-order valence-electron chi connectivity index (χ2n) is 6.31. The number of amides is 1. The third-order valence-corrected chi connectivity index (χ3v) is 5.01. The minimum Gasteiger partial charge on any atom is -0.508 e. The van der Waals surface area contributed by atoms with Crippen molar-refractivity contribution in [2.75, 3.05) is 0 Å². The molecule has 3 rings (SSSR count). The predicted octanol–water partition coefficient (Wildman–Crippen LogP) is 2.37. The van der Waals surface area contributed by atoms with Crippen molar-refractivity contribution in [3.8, 4) is 11.5 Å². The number of phenolic OH excluding ortho intramolecular Hbond substituents is 2. The number of fused-ring (bicyclic) bond motifs is 1. The van der Waals surface area contributed by atoms with Crippen LogP contribution in [0.25, 0.3) is 0 Å². The quantitative estimate of drug-likeness (QED) is 0.590. The lowest BCUT2D eigenvalue weighted by atomic mass is 9.90. The fraction of sp³-hybridized carbons (Fsp3) is 0.500. The van der Waals surface area contributed by atoms with E-state index in [1.807, 2.05) is 0 Å². The molecule has 0 bridgehead atoms. The Bertz CT molecular complexity index is 599. The van der Waals surface area contributed by atoms with Gasteiger partial charge in [-0.25, -0.2) is 5.43 Å². The van der Waals surface area contributed by atoms with Crippen LogP contribution in [0.15, 0.2) is 23.3 Å². The molecule has 1 aromatic rings. The minimum atomic E-state index is -0.0694. The molecule has 0 aliphatic heterocycles. The fourth-order valence-corrected chi connectivity index (χ4v) is 3.73. The first-order valence-corrected chi connectivity index (χ1v) is 7.37. The third kappa shape index (κ3) is 2.48. The maximum atomic E-state index is 12.2. The Morgan fingerprint density at radius 2 is 2.24 bits per heavy atom. The standard InChI is InChI=1S/C16H20N2O3/c1-16-7-3-2-4-12(16)14(16)15(21)18-17-9-10-5-6-11(19)8-13(10)20/h5-6,8-9,12,14,19-20H,2-4,7H2,1H3,(H,18,21)/b17-9-/t12-,14-,16-/m0/s1. The summed E-state index contributed by atoms with van der Waals surface area (Å²) in [6, 6.07) is 4.23. The fourth-order valence-electron chi connectivity index (χ4n) is 3.73. The second kappa shape index (κ2) is 5.06. The van der Waals surface area contributed by atoms with Crippen molar-refractivity contribution in [1.29, 1.82) is 0 Å². The molecule has 3 atom stereocenters. The van der Waals surface area contributed by atoms with Gasteiger partial charge in [0, 0.05) is 17.5 Å². The van der Waals surface area contributed by atoms with E-state index in [0.717, 1.165) is 12.8 Å². The highest BCUT2D eigenvalue weighted by Gasteiger charge is 2.64. The summed E-state index contributed by atoms with van der Waals surface area (Å²) in [7, 11) is 0. The van der Waals surface area contributed by atoms with Crippen LogP contribution in [0.1, 0.15) is 38.2 Å². The molecular weight excluding hydrogens is 268 g/mol. The molecule has 0 heterocycles. The van der Waals surface area contributed by atoms with E-state index in [1.54, 1.807) is 6.07 Å². The Balaban J connectivity index is 1.60. The Morgan fingerprint density at radius 1 is 1.43 bits per heavy atom. The number of rotatable bonds is 3. The van der Waals surface area contributed by atoms with Gasteiger partial charge in [-0.2, -0.15) is 5.10 Å². The SMILES string of the molecule is C[C@]12CCCC[C@H]1[C@H]2C(=O)N/N=C\c1ccc(O)cc1O. The number of aromatic hydroxyl groups is 2. The molecule has 0 saturated heterocycles. The average molecular weight is 288 g/mol. The summed E-state index contributed by atoms with van der Waals surface area (Å²) in [5, 5.41) is 22.7. The van der Waals surface area contributed by atoms with E-state index in [2.05, 4.69) is 17.5 Å². The molecular formula is C16H20N2O3. The summed E-state index contributed by atoms with van der Waals surface area (Å²) >= 11 is 0. The van der Waals surface area contributed by atoms with Crippen LogP contribution < -0.4 is 5.43 Å². The number of hydrazone groups is 1. The third-order valence-electron chi connectivity index (χ3n) is 5.01. The first-order chi connectivity index (χ1) is 10.0. The minimum absolute atomic E-state index is 0.0105. The van der Waals surface area contributed by atoms with Crippen molar-refractivity contribution >= 4 is 12.1 Å². The first kappa shape index (κ1) is 13.9. The maximum Gasteiger partial charge on any atom is 0.244 e. The molecule has 5 heteroatoms. The van der Waals surface area contributed by atoms with Crippen LogP contribution >= 0.6 is 0 Å². The summed E-state index contributed by atoms with van der Waals surface area (Å²) in [6.07, 6.45) is 6.08. The molecule has 5 nitrogen and oxygen atoms in total. The number of hydrogen-bond donors (Lipinski definition) is 3. The van der Waals surface area contributed by atoms with E-state index in [4.69, 9.17) is 0 Å². The Hall–Kier alpha value is -2.04. The molecule has 2 aliphatic rings. The van der Waals surface area contributed by atoms with Crippen LogP contribution in [0.3, 0.4) is 0 Å². The van der Waals surface area contributed by atoms with E-state index in [-0.39, 0.29) is 28.7 Å². The smallest absolute Gasteiger partial charge is 0.244 e. The molecule has 3 N–H and O–H groups in total. The van der Waals surface area contributed by atoms with Gasteiger partial charge in [0.1, 0.15) is 11.5 Å². The predicted molar refractivity (Wildman–Crippen MR) is 79.1 cm³/mol. The summed E-state index contributed by atoms with van der Waals surface area (Å²) < 4.78 is 0. The van der Waals surface area contributed by atoms with Crippen molar-refractivity contribution in [3.63, 3.8) is 0 Å². The maximum absolute atomic E-state index is 12.2. The van der Waals surface area contributed by atoms with Crippen LogP contribution in [-0.2, 0) is 4.79 Å². The van der Waals surface area contributed by atoms with Crippen molar-refractivity contribution < 1.29 is 15.0 Å². The number of carbonyl (C=O) groups excluding carboxylic acids is 1. The summed E-state index contributed by atoms with van der Waals surface area (Å²) in [6.45, 7) is 2.19. The highest BCUT2D eigenvalue weighted by molar-refractivity contribution is 5.87. The number of phenols is 2. The molecule has 0 aromatic heterocycles. The number of nitrogens with one attached hydrogen (secondary N) is 1. The monoisotopic (exact) mass is 288 g/mol. The lowest BCUT2D eigenvalue weighted by Gasteiger charge is -2.15. The van der Waals surface area contributed by atoms with Gasteiger partial charge in [0.25, 0.3) is 0 Å². The van der Waals surface area contributed by atoms with Gasteiger partial charge in [-0.3, -0.25) is 4.79 Å². The van der Waals surface area contributed by atoms with Crippen molar-refractivity contribution in [2.24, 2.45) is 22.4 Å². The molecule has 0 radical (unpaired) electrons. The van der Waals surface area contributed by atoms with Crippen molar-refractivity contribution in [1.82, 2.24) is 5.43 Å². The Kier molecular flexibility index (Phi) is 3.35. The van der Waals surface area contributed by atoms with Gasteiger partial charge in [-0.05, 0) is 36.3 Å². The highest BCUT2D eigenvalue weighted by Crippen LogP contribution is 2.66. The normalized spacial score (nSPS) is 30.9. The van der Waals surface area contributed by atoms with Crippen molar-refractivity contribution in [2.45, 2.75) is 32.6 Å². The lowest BCUT2D eigenvalue weighted by Crippen LogP contribution is -2.22. The van der Waals surface area contributed by atoms with E-state index < -0.39 is 0 Å². The Morgan fingerprint density at radius 3 is 2.90 bits per heavy atom. The molecule has 1 aromatic carbocycles. The van der Waals surface area contributed by atoms with E-state index in [9.17, 15) is 15.0 Å². The molecule has 0 spiro atoms. The van der Waals surface area contributed by atoms with Gasteiger partial charge in [0.15, 0.2) is 0 Å². The molecule has 2 aliphatic carbocycles. The first-order valence-electron chi connectivity index (χ1n) is 7.37. The summed E-state index contributed by atoms with van der Waals surface area (Å²) in [4.78, 5) is 12.2. The van der Waals surface area contributed by atoms with E-state index in [0.29, 0.717) is 11.5 Å². The number of benzene rings is 1. The lowest BCUT2D eigenvalue weighted by molar-refractivity contribution is -0.123. The Labute approximate surface area is 123 Å². The van der Waals surface area contributed by atoms with Crippen LogP contribution in [0.2, 0.25) is 0 Å². The topological polar surface area (TPSA) is 81.9 Å². The molecule has 1 amide bonds. The van der Waals surface area contributed by atoms with Crippen LogP contribution in [0.5, 0.6) is 11.5 Å². The van der Waals surface area contributed by atoms with Gasteiger partial charge < -0.3 is 10.2 Å². The van der Waals surface area contributed by atoms with Crippen LogP contribution in [0.4, 0.5) is 0 Å². The van der Waals surface area contributed by atoms with Gasteiger partial charge in [0.05, 0.1) is 6.21 Å². The second-order valence-corrected chi connectivity index (χ2v) is 6.31. The largest absolute Gasteiger partial charge is 0.508 e. The van der Waals surface area contributed by atoms with Crippen molar-refractivity contribution in [3.05, 3.63) is 23.8 Å². The molecule has 2 fully saturated rings. The number of nitrogens with zero attached hydrogens (tertiary/aromatic N) is 1. The van der Waals surface area contributed by atoms with Crippen LogP contribution in [-0.4, -0.2) is 22.3 Å². The number of hydrogen-bond acceptors (Lipinski definition) is 4.